The summed E-state index contributed by atoms with van der Waals surface area (Å²) in [5.41, 5.74) is 1.41. The summed E-state index contributed by atoms with van der Waals surface area (Å²) in [7, 11) is 1.52. The second-order valence-corrected chi connectivity index (χ2v) is 7.10. The molecule has 3 rings (SSSR count). The Morgan fingerprint density at radius 1 is 1.14 bits per heavy atom. The minimum atomic E-state index is -0.215. The molecule has 0 bridgehead atoms. The average Bonchev–Trinajstić information content (AvgIpc) is 2.73. The van der Waals surface area contributed by atoms with Crippen LogP contribution in [0, 0.1) is 0 Å². The van der Waals surface area contributed by atoms with E-state index in [0.717, 1.165) is 5.56 Å². The van der Waals surface area contributed by atoms with Crippen LogP contribution in [0.25, 0.3) is 6.08 Å². The fourth-order valence-corrected chi connectivity index (χ4v) is 3.37. The topological polar surface area (TPSA) is 58.6 Å². The fourth-order valence-electron chi connectivity index (χ4n) is 3.20. The van der Waals surface area contributed by atoms with Crippen molar-refractivity contribution in [2.75, 3.05) is 20.2 Å². The molecule has 0 aliphatic carbocycles. The molecule has 5 nitrogen and oxygen atoms in total. The van der Waals surface area contributed by atoms with Crippen LogP contribution in [0.3, 0.4) is 0 Å². The van der Waals surface area contributed by atoms with Crippen molar-refractivity contribution in [1.82, 2.24) is 10.2 Å². The van der Waals surface area contributed by atoms with Gasteiger partial charge in [-0.3, -0.25) is 9.59 Å². The van der Waals surface area contributed by atoms with Crippen LogP contribution in [-0.2, 0) is 4.79 Å². The van der Waals surface area contributed by atoms with E-state index in [-0.39, 0.29) is 17.9 Å². The molecule has 1 saturated heterocycles. The molecule has 0 spiro atoms. The van der Waals surface area contributed by atoms with Crippen molar-refractivity contribution in [1.29, 1.82) is 0 Å². The van der Waals surface area contributed by atoms with Crippen LogP contribution in [-0.4, -0.2) is 43.0 Å². The number of hydrogen-bond donors (Lipinski definition) is 1. The highest BCUT2D eigenvalue weighted by atomic mass is 35.5. The van der Waals surface area contributed by atoms with Crippen molar-refractivity contribution in [3.05, 3.63) is 70.8 Å². The number of benzene rings is 2. The molecule has 1 N–H and O–H groups in total. The van der Waals surface area contributed by atoms with Gasteiger partial charge in [-0.25, -0.2) is 0 Å². The normalized spacial score (nSPS) is 14.9. The molecule has 28 heavy (non-hydrogen) atoms. The fraction of sp³-hybridized carbons (Fsp3) is 0.273. The molecule has 6 heteroatoms. The number of carbonyl (C=O) groups is 2. The number of rotatable bonds is 5. The summed E-state index contributed by atoms with van der Waals surface area (Å²) in [5, 5.41) is 3.50. The highest BCUT2D eigenvalue weighted by Gasteiger charge is 2.24. The van der Waals surface area contributed by atoms with Gasteiger partial charge in [0.25, 0.3) is 5.91 Å². The van der Waals surface area contributed by atoms with Crippen LogP contribution in [0.15, 0.2) is 54.6 Å². The van der Waals surface area contributed by atoms with Crippen molar-refractivity contribution < 1.29 is 14.3 Å². The Morgan fingerprint density at radius 2 is 1.86 bits per heavy atom. The number of amides is 2. The molecule has 0 atom stereocenters. The van der Waals surface area contributed by atoms with Crippen LogP contribution in [0.5, 0.6) is 5.75 Å². The lowest BCUT2D eigenvalue weighted by atomic mass is 10.0. The van der Waals surface area contributed by atoms with Gasteiger partial charge in [0.2, 0.25) is 5.91 Å². The number of nitrogens with one attached hydrogen (secondary N) is 1. The Bertz CT molecular complexity index is 859. The molecule has 2 aromatic rings. The molecule has 0 radical (unpaired) electrons. The Morgan fingerprint density at radius 3 is 2.54 bits per heavy atom. The van der Waals surface area contributed by atoms with Gasteiger partial charge in [-0.1, -0.05) is 41.9 Å². The van der Waals surface area contributed by atoms with Crippen molar-refractivity contribution in [3.8, 4) is 5.75 Å². The highest BCUT2D eigenvalue weighted by Crippen LogP contribution is 2.23. The van der Waals surface area contributed by atoms with Crippen molar-refractivity contribution in [3.63, 3.8) is 0 Å². The van der Waals surface area contributed by atoms with Crippen LogP contribution in [0.1, 0.15) is 28.8 Å². The van der Waals surface area contributed by atoms with Crippen molar-refractivity contribution >= 4 is 29.5 Å². The lowest BCUT2D eigenvalue weighted by molar-refractivity contribution is -0.126. The van der Waals surface area contributed by atoms with E-state index in [1.807, 2.05) is 41.3 Å². The zero-order valence-corrected chi connectivity index (χ0v) is 16.5. The van der Waals surface area contributed by atoms with Crippen molar-refractivity contribution in [2.45, 2.75) is 18.9 Å². The van der Waals surface area contributed by atoms with E-state index in [1.54, 1.807) is 24.3 Å². The van der Waals surface area contributed by atoms with E-state index in [0.29, 0.717) is 42.3 Å². The standard InChI is InChI=1S/C22H23ClN2O3/c1-28-20-9-8-17(23)15-19(20)22(27)24-18-11-13-25(14-12-18)21(26)10-7-16-5-3-2-4-6-16/h2-10,15,18H,11-14H2,1H3,(H,24,27)/b10-7+. The maximum absolute atomic E-state index is 12.6. The van der Waals surface area contributed by atoms with Crippen LogP contribution >= 0.6 is 11.6 Å². The second kappa shape index (κ2) is 9.42. The molecule has 0 aromatic heterocycles. The van der Waals surface area contributed by atoms with Gasteiger partial charge in [-0.05, 0) is 42.7 Å². The first-order valence-electron chi connectivity index (χ1n) is 9.23. The van der Waals surface area contributed by atoms with Gasteiger partial charge in [0.1, 0.15) is 5.75 Å². The molecule has 146 valence electrons. The number of halogens is 1. The third-order valence-electron chi connectivity index (χ3n) is 4.77. The number of carbonyl (C=O) groups excluding carboxylic acids is 2. The number of methoxy groups -OCH3 is 1. The highest BCUT2D eigenvalue weighted by molar-refractivity contribution is 6.31. The Kier molecular flexibility index (Phi) is 6.71. The lowest BCUT2D eigenvalue weighted by Crippen LogP contribution is -2.46. The van der Waals surface area contributed by atoms with E-state index in [1.165, 1.54) is 7.11 Å². The molecule has 1 aliphatic rings. The maximum atomic E-state index is 12.6. The zero-order chi connectivity index (χ0) is 19.9. The third-order valence-corrected chi connectivity index (χ3v) is 5.00. The summed E-state index contributed by atoms with van der Waals surface area (Å²) in [4.78, 5) is 26.7. The number of piperidine rings is 1. The van der Waals surface area contributed by atoms with Gasteiger partial charge in [0, 0.05) is 30.2 Å². The van der Waals surface area contributed by atoms with Gasteiger partial charge < -0.3 is 15.0 Å². The summed E-state index contributed by atoms with van der Waals surface area (Å²) in [5.74, 6) is 0.263. The van der Waals surface area contributed by atoms with Gasteiger partial charge in [0.15, 0.2) is 0 Å². The van der Waals surface area contributed by atoms with Gasteiger partial charge >= 0.3 is 0 Å². The first-order valence-corrected chi connectivity index (χ1v) is 9.61. The third kappa shape index (κ3) is 5.14. The van der Waals surface area contributed by atoms with E-state index < -0.39 is 0 Å². The Hall–Kier alpha value is -2.79. The lowest BCUT2D eigenvalue weighted by Gasteiger charge is -2.31. The molecule has 0 saturated carbocycles. The number of ether oxygens (including phenoxy) is 1. The number of nitrogens with zero attached hydrogens (tertiary/aromatic N) is 1. The molecule has 2 amide bonds. The molecule has 1 fully saturated rings. The largest absolute Gasteiger partial charge is 0.496 e. The van der Waals surface area contributed by atoms with E-state index in [2.05, 4.69) is 5.32 Å². The first-order chi connectivity index (χ1) is 13.6. The van der Waals surface area contributed by atoms with Crippen molar-refractivity contribution in [2.24, 2.45) is 0 Å². The Labute approximate surface area is 169 Å². The number of likely N-dealkylation sites (tertiary alicyclic amines) is 1. The summed E-state index contributed by atoms with van der Waals surface area (Å²) < 4.78 is 5.24. The zero-order valence-electron chi connectivity index (χ0n) is 15.7. The summed E-state index contributed by atoms with van der Waals surface area (Å²) in [6, 6.07) is 14.7. The van der Waals surface area contributed by atoms with Crippen LogP contribution < -0.4 is 10.1 Å². The first kappa shape index (κ1) is 20.0. The van der Waals surface area contributed by atoms with E-state index >= 15 is 0 Å². The molecular weight excluding hydrogens is 376 g/mol. The van der Waals surface area contributed by atoms with Gasteiger partial charge in [-0.15, -0.1) is 0 Å². The molecule has 0 unspecified atom stereocenters. The quantitative estimate of drug-likeness (QED) is 0.779. The van der Waals surface area contributed by atoms with Gasteiger partial charge in [0.05, 0.1) is 12.7 Å². The smallest absolute Gasteiger partial charge is 0.255 e. The van der Waals surface area contributed by atoms with Crippen LogP contribution in [0.4, 0.5) is 0 Å². The average molecular weight is 399 g/mol. The van der Waals surface area contributed by atoms with E-state index in [9.17, 15) is 9.59 Å². The Balaban J connectivity index is 1.53. The SMILES string of the molecule is COc1ccc(Cl)cc1C(=O)NC1CCN(C(=O)/C=C/c2ccccc2)CC1. The summed E-state index contributed by atoms with van der Waals surface area (Å²) in [6.07, 6.45) is 4.84. The monoisotopic (exact) mass is 398 g/mol. The predicted molar refractivity (Wildman–Crippen MR) is 111 cm³/mol. The maximum Gasteiger partial charge on any atom is 0.255 e. The molecular formula is C22H23ClN2O3. The minimum Gasteiger partial charge on any atom is -0.496 e. The summed E-state index contributed by atoms with van der Waals surface area (Å²) >= 11 is 6.00. The van der Waals surface area contributed by atoms with Crippen LogP contribution in [0.2, 0.25) is 5.02 Å². The van der Waals surface area contributed by atoms with Gasteiger partial charge in [-0.2, -0.15) is 0 Å². The van der Waals surface area contributed by atoms with E-state index in [4.69, 9.17) is 16.3 Å². The second-order valence-electron chi connectivity index (χ2n) is 6.66. The predicted octanol–water partition coefficient (Wildman–Crippen LogP) is 3.78. The summed E-state index contributed by atoms with van der Waals surface area (Å²) in [6.45, 7) is 1.21. The minimum absolute atomic E-state index is 0.00913. The molecule has 1 aliphatic heterocycles. The molecule has 2 aromatic carbocycles. The number of hydrogen-bond acceptors (Lipinski definition) is 3. The molecule has 1 heterocycles.